The van der Waals surface area contributed by atoms with Gasteiger partial charge in [-0.3, -0.25) is 4.79 Å². The molecule has 1 heterocycles. The maximum Gasteiger partial charge on any atom is 0.407 e. The van der Waals surface area contributed by atoms with Crippen molar-refractivity contribution in [1.29, 1.82) is 0 Å². The molecule has 11 nitrogen and oxygen atoms in total. The highest BCUT2D eigenvalue weighted by molar-refractivity contribution is 9.11. The Hall–Kier alpha value is -2.07. The SMILES string of the molecule is O=C1NC[C@H](c2cc(Br)c(OC[C@H](O)CNC(=O)/C(Cc3cc(Br)c(O)c(Br)c3O)=N\O)c(Br)c2)O1. The molecule has 0 aliphatic carbocycles. The minimum Gasteiger partial charge on any atom is -0.506 e. The summed E-state index contributed by atoms with van der Waals surface area (Å²) in [4.78, 5) is 23.7. The third-order valence-electron chi connectivity index (χ3n) is 4.98. The molecule has 0 spiro atoms. The van der Waals surface area contributed by atoms with Crippen LogP contribution in [-0.4, -0.2) is 64.0 Å². The Kier molecular flexibility index (Phi) is 9.86. The summed E-state index contributed by atoms with van der Waals surface area (Å²) < 4.78 is 12.2. The maximum atomic E-state index is 12.4. The number of carbonyl (C=O) groups excluding carboxylic acids is 2. The molecule has 1 fully saturated rings. The molecule has 0 radical (unpaired) electrons. The molecule has 2 amide bonds. The van der Waals surface area contributed by atoms with Gasteiger partial charge in [0.15, 0.2) is 0 Å². The standard InChI is InChI=1S/C21H19Br4N3O8/c22-11-3-9(17(30)16(25)18(11)31)4-14(28-34)20(32)26-5-10(29)7-35-19-12(23)1-8(2-13(19)24)15-6-27-21(33)36-15/h1-3,10,15,29-31,34H,4-7H2,(H,26,32)(H,27,33)/b28-14-/t10-,15-/m1/s1. The van der Waals surface area contributed by atoms with E-state index in [4.69, 9.17) is 9.47 Å². The summed E-state index contributed by atoms with van der Waals surface area (Å²) in [6, 6.07) is 4.85. The molecule has 1 aliphatic rings. The second kappa shape index (κ2) is 12.4. The normalized spacial score (nSPS) is 16.3. The van der Waals surface area contributed by atoms with Gasteiger partial charge in [-0.25, -0.2) is 4.79 Å². The number of phenols is 2. The lowest BCUT2D eigenvalue weighted by Gasteiger charge is -2.17. The fourth-order valence-electron chi connectivity index (χ4n) is 3.15. The molecular formula is C21H19Br4N3O8. The van der Waals surface area contributed by atoms with E-state index < -0.39 is 24.2 Å². The van der Waals surface area contributed by atoms with Gasteiger partial charge < -0.3 is 40.6 Å². The molecule has 6 N–H and O–H groups in total. The van der Waals surface area contributed by atoms with E-state index in [1.54, 1.807) is 12.1 Å². The van der Waals surface area contributed by atoms with E-state index in [0.717, 1.165) is 5.56 Å². The highest BCUT2D eigenvalue weighted by atomic mass is 79.9. The third kappa shape index (κ3) is 6.82. The van der Waals surface area contributed by atoms with E-state index >= 15 is 0 Å². The Morgan fingerprint density at radius 3 is 2.42 bits per heavy atom. The number of aliphatic hydroxyl groups excluding tert-OH is 1. The first-order valence-corrected chi connectivity index (χ1v) is 13.3. The molecule has 0 unspecified atom stereocenters. The molecule has 15 heteroatoms. The number of aliphatic hydroxyl groups is 1. The minimum atomic E-state index is -1.11. The van der Waals surface area contributed by atoms with Gasteiger partial charge in [-0.15, -0.1) is 0 Å². The highest BCUT2D eigenvalue weighted by Gasteiger charge is 2.26. The monoisotopic (exact) mass is 757 g/mol. The van der Waals surface area contributed by atoms with E-state index in [-0.39, 0.29) is 51.3 Å². The van der Waals surface area contributed by atoms with Gasteiger partial charge >= 0.3 is 6.09 Å². The molecule has 2 atom stereocenters. The Balaban J connectivity index is 1.55. The quantitative estimate of drug-likeness (QED) is 0.127. The first kappa shape index (κ1) is 28.5. The zero-order chi connectivity index (χ0) is 26.6. The molecule has 194 valence electrons. The number of nitrogens with zero attached hydrogens (tertiary/aromatic N) is 1. The van der Waals surface area contributed by atoms with E-state index in [1.165, 1.54) is 6.07 Å². The van der Waals surface area contributed by atoms with Crippen molar-refractivity contribution < 1.29 is 39.6 Å². The van der Waals surface area contributed by atoms with Crippen molar-refractivity contribution >= 4 is 81.4 Å². The van der Waals surface area contributed by atoms with Crippen molar-refractivity contribution in [1.82, 2.24) is 10.6 Å². The topological polar surface area (TPSA) is 170 Å². The summed E-state index contributed by atoms with van der Waals surface area (Å²) >= 11 is 13.0. The van der Waals surface area contributed by atoms with E-state index in [1.807, 2.05) is 0 Å². The van der Waals surface area contributed by atoms with Crippen LogP contribution in [0.5, 0.6) is 17.2 Å². The van der Waals surface area contributed by atoms with E-state index in [2.05, 4.69) is 79.5 Å². The van der Waals surface area contributed by atoms with Crippen molar-refractivity contribution in [3.8, 4) is 17.2 Å². The maximum absolute atomic E-state index is 12.4. The zero-order valence-corrected chi connectivity index (χ0v) is 24.4. The van der Waals surface area contributed by atoms with Crippen LogP contribution < -0.4 is 15.4 Å². The summed E-state index contributed by atoms with van der Waals surface area (Å²) in [5.41, 5.74) is 0.618. The Labute approximate surface area is 238 Å². The number of benzene rings is 2. The zero-order valence-electron chi connectivity index (χ0n) is 18.1. The predicted octanol–water partition coefficient (Wildman–Crippen LogP) is 3.86. The van der Waals surface area contributed by atoms with Gasteiger partial charge in [-0.1, -0.05) is 5.16 Å². The number of amides is 2. The van der Waals surface area contributed by atoms with Crippen molar-refractivity contribution in [2.45, 2.75) is 18.6 Å². The number of halogens is 4. The van der Waals surface area contributed by atoms with E-state index in [0.29, 0.717) is 21.2 Å². The fraction of sp³-hybridized carbons (Fsp3) is 0.286. The lowest BCUT2D eigenvalue weighted by Crippen LogP contribution is -2.39. The van der Waals surface area contributed by atoms with Crippen molar-refractivity contribution in [2.75, 3.05) is 19.7 Å². The lowest BCUT2D eigenvalue weighted by atomic mass is 10.1. The van der Waals surface area contributed by atoms with Crippen LogP contribution in [0.15, 0.2) is 41.2 Å². The molecule has 1 saturated heterocycles. The summed E-state index contributed by atoms with van der Waals surface area (Å²) in [6.45, 7) is -0.0543. The van der Waals surface area contributed by atoms with Gasteiger partial charge in [-0.2, -0.15) is 0 Å². The van der Waals surface area contributed by atoms with Gasteiger partial charge in [0.05, 0.1) is 20.0 Å². The number of hydrogen-bond donors (Lipinski definition) is 6. The van der Waals surface area contributed by atoms with Crippen LogP contribution >= 0.6 is 63.7 Å². The van der Waals surface area contributed by atoms with Gasteiger partial charge in [0, 0.05) is 18.5 Å². The van der Waals surface area contributed by atoms with E-state index in [9.17, 15) is 30.1 Å². The second-order valence-corrected chi connectivity index (χ2v) is 10.9. The molecule has 0 bridgehead atoms. The summed E-state index contributed by atoms with van der Waals surface area (Å²) in [7, 11) is 0. The van der Waals surface area contributed by atoms with Crippen molar-refractivity contribution in [3.05, 3.63) is 47.2 Å². The molecule has 0 saturated carbocycles. The number of carbonyl (C=O) groups is 2. The molecule has 3 rings (SSSR count). The minimum absolute atomic E-state index is 0.0171. The van der Waals surface area contributed by atoms with Gasteiger partial charge in [0.1, 0.15) is 46.2 Å². The molecule has 2 aromatic rings. The Morgan fingerprint density at radius 2 is 1.83 bits per heavy atom. The Bertz CT molecular complexity index is 1190. The van der Waals surface area contributed by atoms with Gasteiger partial charge in [0.25, 0.3) is 5.91 Å². The molecule has 2 aromatic carbocycles. The predicted molar refractivity (Wildman–Crippen MR) is 142 cm³/mol. The average molecular weight is 761 g/mol. The van der Waals surface area contributed by atoms with Crippen LogP contribution in [0.1, 0.15) is 17.2 Å². The van der Waals surface area contributed by atoms with Gasteiger partial charge in [0.2, 0.25) is 0 Å². The fourth-order valence-corrected chi connectivity index (χ4v) is 5.81. The van der Waals surface area contributed by atoms with Crippen LogP contribution in [0.2, 0.25) is 0 Å². The number of aromatic hydroxyl groups is 2. The average Bonchev–Trinajstić information content (AvgIpc) is 3.28. The summed E-state index contributed by atoms with van der Waals surface area (Å²) in [5, 5.41) is 47.5. The number of oxime groups is 1. The number of hydrogen-bond acceptors (Lipinski definition) is 9. The molecule has 36 heavy (non-hydrogen) atoms. The molecule has 0 aromatic heterocycles. The second-order valence-electron chi connectivity index (χ2n) is 7.52. The van der Waals surface area contributed by atoms with Crippen molar-refractivity contribution in [3.63, 3.8) is 0 Å². The number of alkyl carbamates (subject to hydrolysis) is 1. The largest absolute Gasteiger partial charge is 0.506 e. The highest BCUT2D eigenvalue weighted by Crippen LogP contribution is 2.41. The number of nitrogens with one attached hydrogen (secondary N) is 2. The molecular weight excluding hydrogens is 742 g/mol. The third-order valence-corrected chi connectivity index (χ3v) is 7.51. The van der Waals surface area contributed by atoms with Crippen LogP contribution in [0.25, 0.3) is 0 Å². The number of cyclic esters (lactones) is 1. The summed E-state index contributed by atoms with van der Waals surface area (Å²) in [6.07, 6.45) is -2.30. The first-order chi connectivity index (χ1) is 17.0. The summed E-state index contributed by atoms with van der Waals surface area (Å²) in [5.74, 6) is -0.915. The lowest BCUT2D eigenvalue weighted by molar-refractivity contribution is -0.115. The van der Waals surface area contributed by atoms with Crippen LogP contribution in [0, 0.1) is 0 Å². The van der Waals surface area contributed by atoms with Crippen molar-refractivity contribution in [2.24, 2.45) is 5.16 Å². The smallest absolute Gasteiger partial charge is 0.407 e. The number of rotatable bonds is 9. The van der Waals surface area contributed by atoms with Gasteiger partial charge in [-0.05, 0) is 87.5 Å². The molecule has 1 aliphatic heterocycles. The van der Waals surface area contributed by atoms with Crippen LogP contribution in [0.3, 0.4) is 0 Å². The van der Waals surface area contributed by atoms with Crippen LogP contribution in [0.4, 0.5) is 4.79 Å². The first-order valence-electron chi connectivity index (χ1n) is 10.1. The number of ether oxygens (including phenoxy) is 2. The van der Waals surface area contributed by atoms with Crippen LogP contribution in [-0.2, 0) is 16.0 Å². The Morgan fingerprint density at radius 1 is 1.17 bits per heavy atom. The number of phenolic OH excluding ortho intramolecular Hbond substituents is 2.